The lowest BCUT2D eigenvalue weighted by Crippen LogP contribution is -2.40. The molecule has 2 rings (SSSR count). The maximum atomic E-state index is 12.3. The second-order valence-electron chi connectivity index (χ2n) is 6.04. The molecule has 1 aromatic rings. The second kappa shape index (κ2) is 8.77. The van der Waals surface area contributed by atoms with Gasteiger partial charge in [-0.3, -0.25) is 9.69 Å². The number of piperidine rings is 1. The Balaban J connectivity index is 1.65. The standard InChI is InChI=1S/C15H23F3N4OS/c16-15(17,18)10-22-7-3-11(4-8-22)2-6-20-14(23)12-9-24-13(21-12)1-5-19/h9,11H,1-8,10,19H2,(H,20,23). The lowest BCUT2D eigenvalue weighted by molar-refractivity contribution is -0.148. The summed E-state index contributed by atoms with van der Waals surface area (Å²) in [5.74, 6) is 0.155. The van der Waals surface area contributed by atoms with Crippen LogP contribution in [0.5, 0.6) is 0 Å². The second-order valence-corrected chi connectivity index (χ2v) is 6.99. The Morgan fingerprint density at radius 1 is 1.42 bits per heavy atom. The van der Waals surface area contributed by atoms with Crippen molar-refractivity contribution < 1.29 is 18.0 Å². The summed E-state index contributed by atoms with van der Waals surface area (Å²) < 4.78 is 37.0. The summed E-state index contributed by atoms with van der Waals surface area (Å²) >= 11 is 1.42. The third-order valence-corrected chi connectivity index (χ3v) is 5.00. The number of carbonyl (C=O) groups excluding carboxylic acids is 1. The Morgan fingerprint density at radius 3 is 2.75 bits per heavy atom. The van der Waals surface area contributed by atoms with E-state index in [1.165, 1.54) is 16.2 Å². The van der Waals surface area contributed by atoms with E-state index in [2.05, 4.69) is 10.3 Å². The van der Waals surface area contributed by atoms with Crippen LogP contribution in [0.4, 0.5) is 13.2 Å². The first kappa shape index (κ1) is 19.1. The van der Waals surface area contributed by atoms with Gasteiger partial charge in [0, 0.05) is 18.3 Å². The highest BCUT2D eigenvalue weighted by atomic mass is 32.1. The Kier molecular flexibility index (Phi) is 7.00. The van der Waals surface area contributed by atoms with Crippen LogP contribution in [0.1, 0.15) is 34.8 Å². The summed E-state index contributed by atoms with van der Waals surface area (Å²) in [6.45, 7) is 1.12. The Labute approximate surface area is 143 Å². The van der Waals surface area contributed by atoms with E-state index in [1.54, 1.807) is 5.38 Å². The van der Waals surface area contributed by atoms with Gasteiger partial charge in [-0.25, -0.2) is 4.98 Å². The molecule has 0 aliphatic carbocycles. The molecule has 0 spiro atoms. The molecule has 2 heterocycles. The fourth-order valence-electron chi connectivity index (χ4n) is 2.82. The van der Waals surface area contributed by atoms with E-state index in [0.29, 0.717) is 44.2 Å². The number of halogens is 3. The fraction of sp³-hybridized carbons (Fsp3) is 0.733. The average Bonchev–Trinajstić information content (AvgIpc) is 2.96. The number of nitrogens with two attached hydrogens (primary N) is 1. The van der Waals surface area contributed by atoms with Gasteiger partial charge in [-0.2, -0.15) is 13.2 Å². The predicted octanol–water partition coefficient (Wildman–Crippen LogP) is 2.04. The molecule has 0 saturated carbocycles. The summed E-state index contributed by atoms with van der Waals surface area (Å²) in [5, 5.41) is 5.40. The average molecular weight is 364 g/mol. The van der Waals surface area contributed by atoms with E-state index < -0.39 is 12.7 Å². The Bertz CT molecular complexity index is 527. The van der Waals surface area contributed by atoms with E-state index in [9.17, 15) is 18.0 Å². The molecule has 136 valence electrons. The van der Waals surface area contributed by atoms with Crippen molar-refractivity contribution in [2.45, 2.75) is 31.9 Å². The van der Waals surface area contributed by atoms with Gasteiger partial charge in [0.25, 0.3) is 5.91 Å². The SMILES string of the molecule is NCCc1nc(C(=O)NCCC2CCN(CC(F)(F)F)CC2)cs1. The topological polar surface area (TPSA) is 71.2 Å². The number of carbonyl (C=O) groups is 1. The zero-order valence-corrected chi connectivity index (χ0v) is 14.3. The smallest absolute Gasteiger partial charge is 0.351 e. The van der Waals surface area contributed by atoms with Gasteiger partial charge >= 0.3 is 6.18 Å². The number of nitrogens with zero attached hydrogens (tertiary/aromatic N) is 2. The third-order valence-electron chi connectivity index (χ3n) is 4.09. The van der Waals surface area contributed by atoms with Crippen LogP contribution in [0.2, 0.25) is 0 Å². The van der Waals surface area contributed by atoms with Crippen molar-refractivity contribution in [3.63, 3.8) is 0 Å². The monoisotopic (exact) mass is 364 g/mol. The molecular weight excluding hydrogens is 341 g/mol. The molecule has 1 amide bonds. The molecule has 1 aliphatic rings. The molecule has 1 saturated heterocycles. The van der Waals surface area contributed by atoms with Crippen LogP contribution in [-0.2, 0) is 6.42 Å². The third kappa shape index (κ3) is 6.37. The first-order chi connectivity index (χ1) is 11.4. The van der Waals surface area contributed by atoms with Crippen LogP contribution in [0.25, 0.3) is 0 Å². The summed E-state index contributed by atoms with van der Waals surface area (Å²) in [4.78, 5) is 17.7. The van der Waals surface area contributed by atoms with E-state index in [4.69, 9.17) is 5.73 Å². The number of nitrogens with one attached hydrogen (secondary N) is 1. The lowest BCUT2D eigenvalue weighted by Gasteiger charge is -2.32. The van der Waals surface area contributed by atoms with Crippen LogP contribution in [0.3, 0.4) is 0 Å². The highest BCUT2D eigenvalue weighted by Crippen LogP contribution is 2.24. The number of hydrogen-bond acceptors (Lipinski definition) is 5. The number of rotatable bonds is 7. The van der Waals surface area contributed by atoms with E-state index >= 15 is 0 Å². The van der Waals surface area contributed by atoms with Crippen molar-refractivity contribution in [1.82, 2.24) is 15.2 Å². The zero-order chi connectivity index (χ0) is 17.6. The molecule has 1 aromatic heterocycles. The highest BCUT2D eigenvalue weighted by Gasteiger charge is 2.32. The number of thiazole rings is 1. The van der Waals surface area contributed by atoms with Crippen molar-refractivity contribution >= 4 is 17.2 Å². The summed E-state index contributed by atoms with van der Waals surface area (Å²) in [6, 6.07) is 0. The summed E-state index contributed by atoms with van der Waals surface area (Å²) in [7, 11) is 0. The quantitative estimate of drug-likeness (QED) is 0.777. The molecule has 1 aliphatic heterocycles. The minimum atomic E-state index is -4.13. The molecular formula is C15H23F3N4OS. The number of alkyl halides is 3. The van der Waals surface area contributed by atoms with Crippen molar-refractivity contribution in [2.75, 3.05) is 32.7 Å². The highest BCUT2D eigenvalue weighted by molar-refractivity contribution is 7.09. The first-order valence-electron chi connectivity index (χ1n) is 8.09. The largest absolute Gasteiger partial charge is 0.401 e. The van der Waals surface area contributed by atoms with Gasteiger partial charge in [0.2, 0.25) is 0 Å². The van der Waals surface area contributed by atoms with E-state index in [1.807, 2.05) is 0 Å². The van der Waals surface area contributed by atoms with Crippen molar-refractivity contribution in [3.8, 4) is 0 Å². The van der Waals surface area contributed by atoms with Gasteiger partial charge in [-0.1, -0.05) is 0 Å². The molecule has 0 atom stereocenters. The summed E-state index contributed by atoms with van der Waals surface area (Å²) in [6.07, 6.45) is -1.20. The number of hydrogen-bond donors (Lipinski definition) is 2. The van der Waals surface area contributed by atoms with E-state index in [0.717, 1.165) is 24.3 Å². The minimum absolute atomic E-state index is 0.205. The first-order valence-corrected chi connectivity index (χ1v) is 8.97. The number of amides is 1. The molecule has 24 heavy (non-hydrogen) atoms. The van der Waals surface area contributed by atoms with Crippen LogP contribution >= 0.6 is 11.3 Å². The van der Waals surface area contributed by atoms with Crippen LogP contribution in [0, 0.1) is 5.92 Å². The van der Waals surface area contributed by atoms with Crippen molar-refractivity contribution in [2.24, 2.45) is 11.7 Å². The maximum Gasteiger partial charge on any atom is 0.401 e. The number of aromatic nitrogens is 1. The fourth-order valence-corrected chi connectivity index (χ4v) is 3.61. The Morgan fingerprint density at radius 2 is 2.12 bits per heavy atom. The minimum Gasteiger partial charge on any atom is -0.351 e. The molecule has 0 aromatic carbocycles. The molecule has 0 unspecified atom stereocenters. The molecule has 0 bridgehead atoms. The molecule has 3 N–H and O–H groups in total. The lowest BCUT2D eigenvalue weighted by atomic mass is 9.93. The van der Waals surface area contributed by atoms with Crippen LogP contribution in [0.15, 0.2) is 5.38 Å². The predicted molar refractivity (Wildman–Crippen MR) is 87.0 cm³/mol. The summed E-state index contributed by atoms with van der Waals surface area (Å²) in [5.41, 5.74) is 5.86. The van der Waals surface area contributed by atoms with Gasteiger partial charge in [0.1, 0.15) is 5.69 Å². The maximum absolute atomic E-state index is 12.3. The Hall–Kier alpha value is -1.19. The molecule has 1 fully saturated rings. The molecule has 9 heteroatoms. The van der Waals surface area contributed by atoms with Gasteiger partial charge in [0.15, 0.2) is 0 Å². The van der Waals surface area contributed by atoms with Gasteiger partial charge in [0.05, 0.1) is 11.6 Å². The van der Waals surface area contributed by atoms with Gasteiger partial charge in [-0.15, -0.1) is 11.3 Å². The zero-order valence-electron chi connectivity index (χ0n) is 13.4. The van der Waals surface area contributed by atoms with Crippen molar-refractivity contribution in [1.29, 1.82) is 0 Å². The van der Waals surface area contributed by atoms with Gasteiger partial charge in [-0.05, 0) is 44.8 Å². The van der Waals surface area contributed by atoms with E-state index in [-0.39, 0.29) is 5.91 Å². The van der Waals surface area contributed by atoms with Gasteiger partial charge < -0.3 is 11.1 Å². The van der Waals surface area contributed by atoms with Crippen LogP contribution in [-0.4, -0.2) is 54.7 Å². The molecule has 0 radical (unpaired) electrons. The molecule has 5 nitrogen and oxygen atoms in total. The van der Waals surface area contributed by atoms with Crippen LogP contribution < -0.4 is 11.1 Å². The normalized spacial score (nSPS) is 17.2. The van der Waals surface area contributed by atoms with Crippen molar-refractivity contribution in [3.05, 3.63) is 16.1 Å². The number of likely N-dealkylation sites (tertiary alicyclic amines) is 1.